The molecule has 1 saturated heterocycles. The monoisotopic (exact) mass is 649 g/mol. The highest BCUT2D eigenvalue weighted by Gasteiger charge is 2.51. The Bertz CT molecular complexity index is 1460. The minimum absolute atomic E-state index is 0.0283. The van der Waals surface area contributed by atoms with Crippen LogP contribution < -0.4 is 9.47 Å². The number of aliphatic carboxylic acids is 1. The number of halogens is 3. The molecule has 0 radical (unpaired) electrons. The van der Waals surface area contributed by atoms with Crippen LogP contribution in [-0.2, 0) is 25.5 Å². The molecule has 1 aromatic carbocycles. The number of aromatic nitrogens is 2. The van der Waals surface area contributed by atoms with E-state index in [2.05, 4.69) is 4.98 Å². The minimum Gasteiger partial charge on any atom is -0.484 e. The van der Waals surface area contributed by atoms with E-state index in [0.717, 1.165) is 32.1 Å². The molecule has 2 aromatic rings. The number of carboxylic acid groups (broad SMARTS) is 1. The maximum absolute atomic E-state index is 14.1. The zero-order valence-corrected chi connectivity index (χ0v) is 26.6. The highest BCUT2D eigenvalue weighted by atomic mass is 19.4. The van der Waals surface area contributed by atoms with E-state index in [1.165, 1.54) is 17.0 Å². The van der Waals surface area contributed by atoms with Gasteiger partial charge in [-0.1, -0.05) is 40.5 Å². The third-order valence-electron chi connectivity index (χ3n) is 9.28. The van der Waals surface area contributed by atoms with Crippen molar-refractivity contribution in [3.8, 4) is 11.6 Å². The molecule has 1 N–H and O–H groups in total. The molecule has 2 fully saturated rings. The number of nitrogens with zero attached hydrogens (tertiary/aromatic N) is 3. The van der Waals surface area contributed by atoms with Crippen molar-refractivity contribution in [1.29, 1.82) is 0 Å². The summed E-state index contributed by atoms with van der Waals surface area (Å²) in [7, 11) is 0. The third-order valence-corrected chi connectivity index (χ3v) is 9.28. The Kier molecular flexibility index (Phi) is 9.70. The maximum Gasteiger partial charge on any atom is 0.422 e. The summed E-state index contributed by atoms with van der Waals surface area (Å²) in [4.78, 5) is 50.5. The maximum atomic E-state index is 14.1. The number of alkyl halides is 3. The Morgan fingerprint density at radius 3 is 2.50 bits per heavy atom. The van der Waals surface area contributed by atoms with Gasteiger partial charge < -0.3 is 24.2 Å². The summed E-state index contributed by atoms with van der Waals surface area (Å²) in [6, 6.07) is 3.13. The van der Waals surface area contributed by atoms with Crippen LogP contribution in [0.3, 0.4) is 0 Å². The van der Waals surface area contributed by atoms with Crippen LogP contribution in [0.25, 0.3) is 11.0 Å². The van der Waals surface area contributed by atoms with Crippen molar-refractivity contribution >= 4 is 28.9 Å². The lowest BCUT2D eigenvalue weighted by Gasteiger charge is -2.34. The average molecular weight is 650 g/mol. The average Bonchev–Trinajstić information content (AvgIpc) is 3.59. The molecule has 46 heavy (non-hydrogen) atoms. The molecular formula is C33H42F3N3O7. The molecule has 1 amide bonds. The van der Waals surface area contributed by atoms with Crippen LogP contribution in [-0.4, -0.2) is 75.4 Å². The van der Waals surface area contributed by atoms with Crippen molar-refractivity contribution in [2.45, 2.75) is 103 Å². The lowest BCUT2D eigenvalue weighted by molar-refractivity contribution is -0.157. The molecule has 1 aromatic heterocycles. The molecule has 6 atom stereocenters. The van der Waals surface area contributed by atoms with Crippen LogP contribution in [0.4, 0.5) is 13.2 Å². The van der Waals surface area contributed by atoms with Crippen LogP contribution in [0.2, 0.25) is 0 Å². The first kappa shape index (κ1) is 33.7. The molecule has 2 aliphatic heterocycles. The van der Waals surface area contributed by atoms with Crippen molar-refractivity contribution in [3.63, 3.8) is 0 Å². The largest absolute Gasteiger partial charge is 0.484 e. The molecule has 0 unspecified atom stereocenters. The lowest BCUT2D eigenvalue weighted by atomic mass is 9.77. The number of carboxylic acids is 1. The topological polar surface area (TPSA) is 128 Å². The number of carbonyl (C=O) groups excluding carboxylic acids is 2. The first-order valence-electron chi connectivity index (χ1n) is 16.0. The zero-order valence-electron chi connectivity index (χ0n) is 26.6. The van der Waals surface area contributed by atoms with Crippen molar-refractivity contribution in [2.75, 3.05) is 13.2 Å². The Morgan fingerprint density at radius 2 is 1.83 bits per heavy atom. The third kappa shape index (κ3) is 7.83. The molecule has 252 valence electrons. The Balaban J connectivity index is 1.51. The second kappa shape index (κ2) is 13.2. The molecule has 2 bridgehead atoms. The normalized spacial score (nSPS) is 27.9. The van der Waals surface area contributed by atoms with Gasteiger partial charge in [0.15, 0.2) is 6.61 Å². The number of hydrogen-bond acceptors (Lipinski definition) is 8. The lowest BCUT2D eigenvalue weighted by Crippen LogP contribution is -2.48. The van der Waals surface area contributed by atoms with Gasteiger partial charge in [0.25, 0.3) is 0 Å². The summed E-state index contributed by atoms with van der Waals surface area (Å²) in [5.74, 6) is -3.10. The fourth-order valence-electron chi connectivity index (χ4n) is 6.63. The molecule has 1 aliphatic carbocycles. The van der Waals surface area contributed by atoms with E-state index in [-0.39, 0.29) is 42.1 Å². The van der Waals surface area contributed by atoms with Gasteiger partial charge in [0.2, 0.25) is 11.8 Å². The van der Waals surface area contributed by atoms with E-state index in [1.807, 2.05) is 27.7 Å². The summed E-state index contributed by atoms with van der Waals surface area (Å²) < 4.78 is 55.4. The molecule has 13 heteroatoms. The van der Waals surface area contributed by atoms with Gasteiger partial charge in [-0.15, -0.1) is 0 Å². The van der Waals surface area contributed by atoms with Gasteiger partial charge in [-0.25, -0.2) is 14.8 Å². The van der Waals surface area contributed by atoms with Crippen LogP contribution in [0.1, 0.15) is 78.3 Å². The Hall–Kier alpha value is -3.64. The first-order valence-corrected chi connectivity index (χ1v) is 16.0. The van der Waals surface area contributed by atoms with E-state index in [9.17, 15) is 32.7 Å². The van der Waals surface area contributed by atoms with Gasteiger partial charge >= 0.3 is 18.1 Å². The highest BCUT2D eigenvalue weighted by Crippen LogP contribution is 2.41. The van der Waals surface area contributed by atoms with Crippen LogP contribution in [0.5, 0.6) is 11.6 Å². The predicted octanol–water partition coefficient (Wildman–Crippen LogP) is 5.74. The van der Waals surface area contributed by atoms with E-state index >= 15 is 0 Å². The molecular weight excluding hydrogens is 607 g/mol. The van der Waals surface area contributed by atoms with Gasteiger partial charge in [0.1, 0.15) is 29.7 Å². The molecule has 3 aliphatic rings. The van der Waals surface area contributed by atoms with E-state index in [0.29, 0.717) is 24.1 Å². The number of ether oxygens (including phenoxy) is 3. The van der Waals surface area contributed by atoms with Crippen LogP contribution in [0.15, 0.2) is 18.2 Å². The SMILES string of the molecule is CC[C@@H]1[C@@H]2CN(C(=O)[C@H](C(C)(C)C)CC(=O)O[C@@H]3C[C@H]3CCCCCc3nc4ccc(OCC(F)(F)F)cc4nc3O2)[C@@H]1C(=O)O. The molecule has 3 heterocycles. The second-order valence-corrected chi connectivity index (χ2v) is 13.8. The summed E-state index contributed by atoms with van der Waals surface area (Å²) in [5.41, 5.74) is 0.612. The smallest absolute Gasteiger partial charge is 0.422 e. The number of aryl methyl sites for hydroxylation is 1. The number of rotatable bonds is 4. The van der Waals surface area contributed by atoms with E-state index < -0.39 is 60.0 Å². The summed E-state index contributed by atoms with van der Waals surface area (Å²) >= 11 is 0. The standard InChI is InChI=1S/C33H42F3N3O7/c1-5-20-26-16-39(28(20)31(42)43)30(41)21(32(2,3)4)15-27(40)45-25-13-18(25)9-7-6-8-10-23-29(46-26)38-24-14-19(11-12-22(24)37-23)44-17-33(34,35)36/h11-12,14,18,20-21,25-26,28H,5-10,13,15-17H2,1-4H3,(H,42,43)/t18-,20-,21-,25-,26+,28+/m1/s1. The van der Waals surface area contributed by atoms with Crippen LogP contribution >= 0.6 is 0 Å². The van der Waals surface area contributed by atoms with Crippen molar-refractivity contribution in [1.82, 2.24) is 14.9 Å². The number of benzene rings is 1. The number of amides is 1. The van der Waals surface area contributed by atoms with Crippen LogP contribution in [0, 0.1) is 23.2 Å². The number of carbonyl (C=O) groups is 3. The van der Waals surface area contributed by atoms with Gasteiger partial charge in [0, 0.05) is 12.0 Å². The zero-order chi connectivity index (χ0) is 33.4. The first-order chi connectivity index (χ1) is 21.6. The quantitative estimate of drug-likeness (QED) is 0.413. The number of fused-ring (bicyclic) bond motifs is 5. The van der Waals surface area contributed by atoms with Crippen molar-refractivity contribution < 1.29 is 46.9 Å². The summed E-state index contributed by atoms with van der Waals surface area (Å²) in [6.45, 7) is 5.85. The highest BCUT2D eigenvalue weighted by molar-refractivity contribution is 5.89. The fraction of sp³-hybridized carbons (Fsp3) is 0.667. The van der Waals surface area contributed by atoms with Gasteiger partial charge in [-0.05, 0) is 55.6 Å². The van der Waals surface area contributed by atoms with E-state index in [4.69, 9.17) is 19.2 Å². The molecule has 10 nitrogen and oxygen atoms in total. The Labute approximate surface area is 266 Å². The Morgan fingerprint density at radius 1 is 1.07 bits per heavy atom. The molecule has 5 rings (SSSR count). The van der Waals surface area contributed by atoms with Gasteiger partial charge in [0.05, 0.1) is 29.9 Å². The fourth-order valence-corrected chi connectivity index (χ4v) is 6.63. The second-order valence-electron chi connectivity index (χ2n) is 13.8. The molecule has 0 spiro atoms. The molecule has 1 saturated carbocycles. The minimum atomic E-state index is -4.51. The van der Waals surface area contributed by atoms with E-state index in [1.54, 1.807) is 6.07 Å². The number of hydrogen-bond donors (Lipinski definition) is 1. The van der Waals surface area contributed by atoms with Gasteiger partial charge in [-0.3, -0.25) is 9.59 Å². The predicted molar refractivity (Wildman–Crippen MR) is 160 cm³/mol. The number of esters is 1. The van der Waals surface area contributed by atoms with Crippen molar-refractivity contribution in [3.05, 3.63) is 23.9 Å². The van der Waals surface area contributed by atoms with Crippen molar-refractivity contribution in [2.24, 2.45) is 23.2 Å². The summed E-state index contributed by atoms with van der Waals surface area (Å²) in [6.07, 6.45) is -0.436. The van der Waals surface area contributed by atoms with Gasteiger partial charge in [-0.2, -0.15) is 13.2 Å². The summed E-state index contributed by atoms with van der Waals surface area (Å²) in [5, 5.41) is 10.3.